The normalized spacial score (nSPS) is 14.0. The second-order valence-electron chi connectivity index (χ2n) is 7.23. The molecule has 5 rings (SSSR count). The number of H-pyrrole nitrogens is 1. The SMILES string of the molecule is O=C(Nc1nccs1)c1cncc2[nH]c(-c3ccc(N4CCCC4)cc3C(F)F)nc12. The lowest BCUT2D eigenvalue weighted by molar-refractivity contribution is 0.102. The molecule has 0 radical (unpaired) electrons. The molecule has 1 amide bonds. The summed E-state index contributed by atoms with van der Waals surface area (Å²) in [6, 6.07) is 5.04. The van der Waals surface area contributed by atoms with E-state index in [1.807, 2.05) is 6.07 Å². The predicted octanol–water partition coefficient (Wildman–Crippen LogP) is 4.87. The molecule has 1 aromatic carbocycles. The maximum atomic E-state index is 13.9. The van der Waals surface area contributed by atoms with Gasteiger partial charge in [-0.3, -0.25) is 15.1 Å². The lowest BCUT2D eigenvalue weighted by Crippen LogP contribution is -2.17. The van der Waals surface area contributed by atoms with E-state index in [1.54, 1.807) is 17.6 Å². The number of nitrogens with one attached hydrogen (secondary N) is 2. The maximum absolute atomic E-state index is 13.9. The van der Waals surface area contributed by atoms with E-state index in [-0.39, 0.29) is 17.0 Å². The number of carbonyl (C=O) groups excluding carboxylic acids is 1. The second-order valence-corrected chi connectivity index (χ2v) is 8.12. The molecule has 0 unspecified atom stereocenters. The average molecular weight is 440 g/mol. The zero-order chi connectivity index (χ0) is 21.4. The van der Waals surface area contributed by atoms with Crippen molar-refractivity contribution in [2.45, 2.75) is 19.3 Å². The Balaban J connectivity index is 1.54. The van der Waals surface area contributed by atoms with E-state index in [9.17, 15) is 13.6 Å². The molecule has 10 heteroatoms. The third kappa shape index (κ3) is 3.74. The van der Waals surface area contributed by atoms with Gasteiger partial charge in [0.15, 0.2) is 5.13 Å². The average Bonchev–Trinajstić information content (AvgIpc) is 3.54. The Kier molecular flexibility index (Phi) is 5.06. The predicted molar refractivity (Wildman–Crippen MR) is 116 cm³/mol. The highest BCUT2D eigenvalue weighted by atomic mass is 32.1. The third-order valence-corrected chi connectivity index (χ3v) is 5.98. The molecule has 1 aliphatic heterocycles. The lowest BCUT2D eigenvalue weighted by Gasteiger charge is -2.19. The Morgan fingerprint density at radius 1 is 1.23 bits per heavy atom. The van der Waals surface area contributed by atoms with Crippen molar-refractivity contribution in [3.8, 4) is 11.4 Å². The zero-order valence-electron chi connectivity index (χ0n) is 16.3. The molecule has 2 N–H and O–H groups in total. The topological polar surface area (TPSA) is 86.8 Å². The number of rotatable bonds is 5. The van der Waals surface area contributed by atoms with Gasteiger partial charge in [0.05, 0.1) is 17.3 Å². The third-order valence-electron chi connectivity index (χ3n) is 5.29. The number of carbonyl (C=O) groups is 1. The van der Waals surface area contributed by atoms with Crippen molar-refractivity contribution in [3.63, 3.8) is 0 Å². The van der Waals surface area contributed by atoms with Crippen LogP contribution < -0.4 is 10.2 Å². The minimum absolute atomic E-state index is 0.0924. The first-order valence-corrected chi connectivity index (χ1v) is 10.7. The monoisotopic (exact) mass is 440 g/mol. The van der Waals surface area contributed by atoms with E-state index in [2.05, 4.69) is 30.2 Å². The van der Waals surface area contributed by atoms with Crippen LogP contribution in [0.2, 0.25) is 0 Å². The number of anilines is 2. The van der Waals surface area contributed by atoms with E-state index < -0.39 is 12.3 Å². The summed E-state index contributed by atoms with van der Waals surface area (Å²) in [5, 5.41) is 4.90. The van der Waals surface area contributed by atoms with Gasteiger partial charge >= 0.3 is 0 Å². The van der Waals surface area contributed by atoms with Gasteiger partial charge in [0, 0.05) is 47.7 Å². The number of aromatic amines is 1. The molecule has 0 bridgehead atoms. The summed E-state index contributed by atoms with van der Waals surface area (Å²) >= 11 is 1.29. The molecule has 4 heterocycles. The number of hydrogen-bond donors (Lipinski definition) is 2. The Labute approximate surface area is 180 Å². The zero-order valence-corrected chi connectivity index (χ0v) is 17.1. The first-order chi connectivity index (χ1) is 15.1. The molecule has 0 atom stereocenters. The number of aromatic nitrogens is 4. The summed E-state index contributed by atoms with van der Waals surface area (Å²) in [4.78, 5) is 30.4. The minimum Gasteiger partial charge on any atom is -0.372 e. The first-order valence-electron chi connectivity index (χ1n) is 9.82. The van der Waals surface area contributed by atoms with Crippen molar-refractivity contribution in [1.82, 2.24) is 19.9 Å². The molecule has 0 saturated carbocycles. The number of imidazole rings is 1. The second kappa shape index (κ2) is 8.03. The first kappa shape index (κ1) is 19.6. The summed E-state index contributed by atoms with van der Waals surface area (Å²) in [5.74, 6) is -0.140. The van der Waals surface area contributed by atoms with Crippen LogP contribution in [0.1, 0.15) is 35.2 Å². The number of hydrogen-bond acceptors (Lipinski definition) is 6. The molecular weight excluding hydrogens is 422 g/mol. The van der Waals surface area contributed by atoms with Gasteiger partial charge in [-0.05, 0) is 31.0 Å². The Morgan fingerprint density at radius 3 is 2.81 bits per heavy atom. The van der Waals surface area contributed by atoms with Crippen molar-refractivity contribution >= 4 is 39.1 Å². The van der Waals surface area contributed by atoms with Crippen LogP contribution in [-0.4, -0.2) is 38.9 Å². The van der Waals surface area contributed by atoms with Gasteiger partial charge in [0.2, 0.25) is 0 Å². The van der Waals surface area contributed by atoms with Crippen LogP contribution in [0.4, 0.5) is 19.6 Å². The van der Waals surface area contributed by atoms with Gasteiger partial charge in [0.25, 0.3) is 12.3 Å². The summed E-state index contributed by atoms with van der Waals surface area (Å²) in [6.45, 7) is 1.74. The Morgan fingerprint density at radius 2 is 2.06 bits per heavy atom. The van der Waals surface area contributed by atoms with Crippen molar-refractivity contribution in [2.24, 2.45) is 0 Å². The van der Waals surface area contributed by atoms with Crippen LogP contribution in [0.25, 0.3) is 22.4 Å². The summed E-state index contributed by atoms with van der Waals surface area (Å²) < 4.78 is 27.8. The molecule has 7 nitrogen and oxygen atoms in total. The van der Waals surface area contributed by atoms with Crippen LogP contribution in [0.15, 0.2) is 42.2 Å². The van der Waals surface area contributed by atoms with E-state index >= 15 is 0 Å². The largest absolute Gasteiger partial charge is 0.372 e. The maximum Gasteiger partial charge on any atom is 0.264 e. The van der Waals surface area contributed by atoms with E-state index in [0.717, 1.165) is 31.6 Å². The van der Waals surface area contributed by atoms with Gasteiger partial charge in [-0.2, -0.15) is 0 Å². The number of thiazole rings is 1. The van der Waals surface area contributed by atoms with Crippen LogP contribution in [0.5, 0.6) is 0 Å². The lowest BCUT2D eigenvalue weighted by atomic mass is 10.1. The molecule has 1 fully saturated rings. The highest BCUT2D eigenvalue weighted by Crippen LogP contribution is 2.35. The number of nitrogens with zero attached hydrogens (tertiary/aromatic N) is 4. The van der Waals surface area contributed by atoms with Gasteiger partial charge in [0.1, 0.15) is 11.3 Å². The Bertz CT molecular complexity index is 1230. The van der Waals surface area contributed by atoms with Crippen molar-refractivity contribution in [3.05, 3.63) is 53.3 Å². The summed E-state index contributed by atoms with van der Waals surface area (Å²) in [6.07, 6.45) is 3.98. The van der Waals surface area contributed by atoms with Crippen LogP contribution >= 0.6 is 11.3 Å². The fourth-order valence-corrected chi connectivity index (χ4v) is 4.32. The molecule has 0 aliphatic carbocycles. The number of benzene rings is 1. The molecule has 0 spiro atoms. The Hall–Kier alpha value is -3.40. The quantitative estimate of drug-likeness (QED) is 0.462. The van der Waals surface area contributed by atoms with Crippen LogP contribution in [0, 0.1) is 0 Å². The van der Waals surface area contributed by atoms with Crippen molar-refractivity contribution < 1.29 is 13.6 Å². The number of alkyl halides is 2. The summed E-state index contributed by atoms with van der Waals surface area (Å²) in [5.41, 5.74) is 2.10. The van der Waals surface area contributed by atoms with Crippen LogP contribution in [0.3, 0.4) is 0 Å². The van der Waals surface area contributed by atoms with Gasteiger partial charge in [-0.15, -0.1) is 11.3 Å². The molecule has 3 aromatic heterocycles. The van der Waals surface area contributed by atoms with Crippen LogP contribution in [-0.2, 0) is 0 Å². The van der Waals surface area contributed by atoms with E-state index in [4.69, 9.17) is 0 Å². The highest BCUT2D eigenvalue weighted by molar-refractivity contribution is 7.13. The molecule has 1 saturated heterocycles. The number of amides is 1. The fraction of sp³-hybridized carbons (Fsp3) is 0.238. The fourth-order valence-electron chi connectivity index (χ4n) is 3.79. The molecule has 1 aliphatic rings. The number of fused-ring (bicyclic) bond motifs is 1. The highest BCUT2D eigenvalue weighted by Gasteiger charge is 2.22. The van der Waals surface area contributed by atoms with Gasteiger partial charge in [-0.1, -0.05) is 0 Å². The number of pyridine rings is 1. The molecule has 31 heavy (non-hydrogen) atoms. The van der Waals surface area contributed by atoms with Crippen molar-refractivity contribution in [2.75, 3.05) is 23.3 Å². The summed E-state index contributed by atoms with van der Waals surface area (Å²) in [7, 11) is 0. The van der Waals surface area contributed by atoms with E-state index in [1.165, 1.54) is 29.8 Å². The standard InChI is InChI=1S/C21H18F2N6OS/c22-18(23)14-9-12(29-6-1-2-7-29)3-4-13(14)19-26-16-11-24-10-15(17(16)27-19)20(30)28-21-25-5-8-31-21/h3-5,8-11,18H,1-2,6-7H2,(H,26,27)(H,25,28,30). The minimum atomic E-state index is -2.66. The molecular formula is C21H18F2N6OS. The van der Waals surface area contributed by atoms with Gasteiger partial charge < -0.3 is 9.88 Å². The number of halogens is 2. The van der Waals surface area contributed by atoms with Gasteiger partial charge in [-0.25, -0.2) is 18.7 Å². The smallest absolute Gasteiger partial charge is 0.264 e. The van der Waals surface area contributed by atoms with E-state index in [0.29, 0.717) is 21.7 Å². The molecule has 4 aromatic rings. The molecule has 158 valence electrons. The van der Waals surface area contributed by atoms with Crippen molar-refractivity contribution in [1.29, 1.82) is 0 Å².